The minimum Gasteiger partial charge on any atom is -0.301 e. The standard InChI is InChI=1S/C12H16F3N3/c1-2-16-11-7-10(17-18-11)8-3-5-9(6-4-8)12(13,14)15/h3-6,10-11,16-18H,2,7H2,1H3. The number of halogens is 3. The molecule has 2 unspecified atom stereocenters. The lowest BCUT2D eigenvalue weighted by atomic mass is 10.0. The van der Waals surface area contributed by atoms with Gasteiger partial charge in [-0.25, -0.2) is 10.9 Å². The van der Waals surface area contributed by atoms with Crippen LogP contribution < -0.4 is 16.2 Å². The number of rotatable bonds is 3. The molecule has 0 saturated carbocycles. The summed E-state index contributed by atoms with van der Waals surface area (Å²) in [6.07, 6.45) is -3.31. The minimum absolute atomic E-state index is 0.0383. The van der Waals surface area contributed by atoms with Gasteiger partial charge >= 0.3 is 6.18 Å². The summed E-state index contributed by atoms with van der Waals surface area (Å²) in [5.74, 6) is 0. The second kappa shape index (κ2) is 5.26. The highest BCUT2D eigenvalue weighted by Gasteiger charge is 2.31. The molecular weight excluding hydrogens is 243 g/mol. The molecule has 1 aliphatic heterocycles. The first-order chi connectivity index (χ1) is 8.50. The lowest BCUT2D eigenvalue weighted by Crippen LogP contribution is -2.40. The average Bonchev–Trinajstić information content (AvgIpc) is 2.77. The molecule has 1 aromatic carbocycles. The molecule has 0 aliphatic carbocycles. The summed E-state index contributed by atoms with van der Waals surface area (Å²) >= 11 is 0. The number of alkyl halides is 3. The maximum absolute atomic E-state index is 12.4. The first kappa shape index (κ1) is 13.3. The zero-order chi connectivity index (χ0) is 13.2. The van der Waals surface area contributed by atoms with Crippen molar-refractivity contribution in [1.82, 2.24) is 16.2 Å². The van der Waals surface area contributed by atoms with Crippen LogP contribution in [-0.4, -0.2) is 12.7 Å². The van der Waals surface area contributed by atoms with Crippen LogP contribution in [0.15, 0.2) is 24.3 Å². The third-order valence-corrected chi connectivity index (χ3v) is 2.99. The fourth-order valence-corrected chi connectivity index (χ4v) is 2.06. The number of hydrogen-bond donors (Lipinski definition) is 3. The SMILES string of the molecule is CCNC1CC(c2ccc(C(F)(F)F)cc2)NN1. The summed E-state index contributed by atoms with van der Waals surface area (Å²) in [5.41, 5.74) is 6.39. The first-order valence-corrected chi connectivity index (χ1v) is 5.92. The van der Waals surface area contributed by atoms with Crippen molar-refractivity contribution in [2.24, 2.45) is 0 Å². The molecule has 1 saturated heterocycles. The zero-order valence-corrected chi connectivity index (χ0v) is 10.0. The van der Waals surface area contributed by atoms with E-state index in [0.717, 1.165) is 30.7 Å². The molecule has 3 N–H and O–H groups in total. The van der Waals surface area contributed by atoms with Gasteiger partial charge in [0.1, 0.15) is 0 Å². The van der Waals surface area contributed by atoms with Crippen molar-refractivity contribution in [3.05, 3.63) is 35.4 Å². The molecular formula is C12H16F3N3. The quantitative estimate of drug-likeness (QED) is 0.778. The van der Waals surface area contributed by atoms with Gasteiger partial charge in [-0.3, -0.25) is 0 Å². The Hall–Kier alpha value is -1.11. The summed E-state index contributed by atoms with van der Waals surface area (Å²) < 4.78 is 37.3. The van der Waals surface area contributed by atoms with Crippen LogP contribution in [-0.2, 0) is 6.18 Å². The number of nitrogens with one attached hydrogen (secondary N) is 3. The predicted octanol–water partition coefficient (Wildman–Crippen LogP) is 2.18. The molecule has 0 radical (unpaired) electrons. The van der Waals surface area contributed by atoms with Crippen molar-refractivity contribution in [3.63, 3.8) is 0 Å². The van der Waals surface area contributed by atoms with Crippen molar-refractivity contribution in [2.75, 3.05) is 6.54 Å². The minimum atomic E-state index is -4.27. The summed E-state index contributed by atoms with van der Waals surface area (Å²) in [4.78, 5) is 0. The Labute approximate surface area is 104 Å². The molecule has 100 valence electrons. The largest absolute Gasteiger partial charge is 0.416 e. The molecule has 2 rings (SSSR count). The first-order valence-electron chi connectivity index (χ1n) is 5.92. The maximum Gasteiger partial charge on any atom is 0.416 e. The van der Waals surface area contributed by atoms with Gasteiger partial charge in [-0.2, -0.15) is 13.2 Å². The molecule has 1 fully saturated rings. The van der Waals surface area contributed by atoms with Gasteiger partial charge in [-0.05, 0) is 30.7 Å². The van der Waals surface area contributed by atoms with Crippen LogP contribution in [0.4, 0.5) is 13.2 Å². The van der Waals surface area contributed by atoms with Gasteiger partial charge in [-0.15, -0.1) is 0 Å². The van der Waals surface area contributed by atoms with Crippen molar-refractivity contribution in [1.29, 1.82) is 0 Å². The highest BCUT2D eigenvalue weighted by molar-refractivity contribution is 5.27. The van der Waals surface area contributed by atoms with Gasteiger partial charge in [0.25, 0.3) is 0 Å². The van der Waals surface area contributed by atoms with E-state index in [1.807, 2.05) is 6.92 Å². The smallest absolute Gasteiger partial charge is 0.301 e. The van der Waals surface area contributed by atoms with E-state index < -0.39 is 11.7 Å². The van der Waals surface area contributed by atoms with Crippen LogP contribution in [0.5, 0.6) is 0 Å². The van der Waals surface area contributed by atoms with Crippen molar-refractivity contribution in [3.8, 4) is 0 Å². The monoisotopic (exact) mass is 259 g/mol. The molecule has 1 heterocycles. The second-order valence-corrected chi connectivity index (χ2v) is 4.31. The molecule has 1 aliphatic rings. The van der Waals surface area contributed by atoms with E-state index in [1.165, 1.54) is 12.1 Å². The summed E-state index contributed by atoms with van der Waals surface area (Å²) in [6, 6.07) is 5.33. The van der Waals surface area contributed by atoms with Gasteiger partial charge < -0.3 is 5.32 Å². The predicted molar refractivity (Wildman–Crippen MR) is 62.5 cm³/mol. The highest BCUT2D eigenvalue weighted by atomic mass is 19.4. The molecule has 2 atom stereocenters. The van der Waals surface area contributed by atoms with Crippen LogP contribution in [0.2, 0.25) is 0 Å². The van der Waals surface area contributed by atoms with E-state index in [2.05, 4.69) is 16.2 Å². The van der Waals surface area contributed by atoms with E-state index in [1.54, 1.807) is 0 Å². The van der Waals surface area contributed by atoms with Crippen molar-refractivity contribution < 1.29 is 13.2 Å². The molecule has 0 aromatic heterocycles. The Morgan fingerprint density at radius 1 is 1.22 bits per heavy atom. The molecule has 0 spiro atoms. The third kappa shape index (κ3) is 3.01. The second-order valence-electron chi connectivity index (χ2n) is 4.31. The van der Waals surface area contributed by atoms with Gasteiger partial charge in [0, 0.05) is 6.04 Å². The fourth-order valence-electron chi connectivity index (χ4n) is 2.06. The van der Waals surface area contributed by atoms with Crippen LogP contribution in [0, 0.1) is 0 Å². The van der Waals surface area contributed by atoms with Gasteiger partial charge in [0.2, 0.25) is 0 Å². The molecule has 1 aromatic rings. The van der Waals surface area contributed by atoms with E-state index >= 15 is 0 Å². The Morgan fingerprint density at radius 2 is 1.89 bits per heavy atom. The summed E-state index contributed by atoms with van der Waals surface area (Å²) in [5, 5.41) is 3.23. The molecule has 6 heteroatoms. The maximum atomic E-state index is 12.4. The van der Waals surface area contributed by atoms with E-state index in [-0.39, 0.29) is 12.2 Å². The summed E-state index contributed by atoms with van der Waals surface area (Å²) in [6.45, 7) is 2.85. The van der Waals surface area contributed by atoms with Crippen LogP contribution in [0.3, 0.4) is 0 Å². The molecule has 0 bridgehead atoms. The van der Waals surface area contributed by atoms with Crippen molar-refractivity contribution in [2.45, 2.75) is 31.7 Å². The molecule has 18 heavy (non-hydrogen) atoms. The van der Waals surface area contributed by atoms with Crippen LogP contribution in [0.1, 0.15) is 30.5 Å². The van der Waals surface area contributed by atoms with Crippen LogP contribution in [0.25, 0.3) is 0 Å². The molecule has 3 nitrogen and oxygen atoms in total. The van der Waals surface area contributed by atoms with E-state index in [0.29, 0.717) is 0 Å². The topological polar surface area (TPSA) is 36.1 Å². The lowest BCUT2D eigenvalue weighted by molar-refractivity contribution is -0.137. The number of hydrogen-bond acceptors (Lipinski definition) is 3. The number of hydrazine groups is 1. The Morgan fingerprint density at radius 3 is 2.44 bits per heavy atom. The highest BCUT2D eigenvalue weighted by Crippen LogP contribution is 2.30. The van der Waals surface area contributed by atoms with Gasteiger partial charge in [0.05, 0.1) is 11.7 Å². The van der Waals surface area contributed by atoms with E-state index in [9.17, 15) is 13.2 Å². The zero-order valence-electron chi connectivity index (χ0n) is 10.0. The van der Waals surface area contributed by atoms with Crippen LogP contribution >= 0.6 is 0 Å². The Kier molecular flexibility index (Phi) is 3.89. The fraction of sp³-hybridized carbons (Fsp3) is 0.500. The average molecular weight is 259 g/mol. The van der Waals surface area contributed by atoms with E-state index in [4.69, 9.17) is 0 Å². The molecule has 0 amide bonds. The van der Waals surface area contributed by atoms with Crippen molar-refractivity contribution >= 4 is 0 Å². The van der Waals surface area contributed by atoms with Gasteiger partial charge in [0.15, 0.2) is 0 Å². The Balaban J connectivity index is 2.03. The lowest BCUT2D eigenvalue weighted by Gasteiger charge is -2.12. The third-order valence-electron chi connectivity index (χ3n) is 2.99. The van der Waals surface area contributed by atoms with Gasteiger partial charge in [-0.1, -0.05) is 19.1 Å². The normalized spacial score (nSPS) is 24.4. The number of benzene rings is 1. The Bertz CT molecular complexity index is 389. The summed E-state index contributed by atoms with van der Waals surface area (Å²) in [7, 11) is 0.